The SMILES string of the molecule is [2H]c1c([2H])c([2H])c(N(c2c([2H])c([2H])c([2H])c([2H])c2[2H])c2c([2H])c3c4c(c2[2H])N2c5c(c([2H])c([2H])c([2H])c5-n5c6c([2H])c([2H])c(C(C)(C)C)c([2H])c6c6c([2H])c(C(C)(C)C)c([2H])c2c65)B4c2c([2H])c([2H])c(N(c4c([2H])c([2H])c(C(C)(C)C)c([2H])c4[2H])c4c([2H])c([2H])c(C(C)(C)C)c([2H])c4[2H])c([2H])c2N3c2c([2H])c([2H])c(-c3c([2H])c([2H])c([2H])c4sc5c([2H])c([2H])c([2H])c([2H])c5c34)c([2H])c2[2H])c([2H])c1[2H]. The molecule has 95 heavy (non-hydrogen) atoms. The molecule has 0 saturated heterocycles. The van der Waals surface area contributed by atoms with Gasteiger partial charge in [0.1, 0.15) is 0 Å². The zero-order valence-corrected chi connectivity index (χ0v) is 54.0. The summed E-state index contributed by atoms with van der Waals surface area (Å²) in [7, 11) is 0. The summed E-state index contributed by atoms with van der Waals surface area (Å²) in [5.74, 6) is 0. The summed E-state index contributed by atoms with van der Waals surface area (Å²) < 4.78 is 424. The Morgan fingerprint density at radius 1 is 0.358 bits per heavy atom. The summed E-state index contributed by atoms with van der Waals surface area (Å²) in [5.41, 5.74) is -25.2. The maximum atomic E-state index is 11.7. The quantitative estimate of drug-likeness (QED) is 0.141. The fourth-order valence-corrected chi connectivity index (χ4v) is 13.2. The highest BCUT2D eigenvalue weighted by Crippen LogP contribution is 2.56. The smallest absolute Gasteiger partial charge is 0.252 e. The number of rotatable bonds is 8. The van der Waals surface area contributed by atoms with Crippen LogP contribution in [0.2, 0.25) is 0 Å². The molecule has 0 N–H and O–H groups in total. The van der Waals surface area contributed by atoms with Crippen LogP contribution < -0.4 is 36.0 Å². The van der Waals surface area contributed by atoms with Crippen molar-refractivity contribution in [3.63, 3.8) is 0 Å². The highest BCUT2D eigenvalue weighted by molar-refractivity contribution is 7.26. The summed E-state index contributed by atoms with van der Waals surface area (Å²) in [6, 6.07) is -44.8. The minimum atomic E-state index is -2.50. The van der Waals surface area contributed by atoms with Gasteiger partial charge in [0.15, 0.2) is 0 Å². The molecule has 0 unspecified atom stereocenters. The largest absolute Gasteiger partial charge is 0.311 e. The Labute approximate surface area is 622 Å². The topological polar surface area (TPSA) is 17.9 Å². The third-order valence-electron chi connectivity index (χ3n) is 16.9. The van der Waals surface area contributed by atoms with Gasteiger partial charge in [0.2, 0.25) is 0 Å². The normalized spacial score (nSPS) is 19.6. The molecule has 3 aliphatic rings. The van der Waals surface area contributed by atoms with Crippen LogP contribution in [0.4, 0.5) is 68.2 Å². The number of thiophene rings is 1. The van der Waals surface area contributed by atoms with E-state index >= 15 is 0 Å². The fourth-order valence-electron chi connectivity index (χ4n) is 12.2. The van der Waals surface area contributed by atoms with Crippen molar-refractivity contribution in [1.82, 2.24) is 4.57 Å². The minimum absolute atomic E-state index is 0.0756. The molecule has 464 valence electrons. The number of para-hydroxylation sites is 3. The van der Waals surface area contributed by atoms with Crippen LogP contribution in [0.3, 0.4) is 0 Å². The van der Waals surface area contributed by atoms with Gasteiger partial charge in [0.25, 0.3) is 6.71 Å². The molecule has 7 heteroatoms. The molecular weight excluding hydrogens is 1170 g/mol. The second kappa shape index (κ2) is 21.2. The number of benzene rings is 12. The van der Waals surface area contributed by atoms with Crippen LogP contribution in [0.5, 0.6) is 0 Å². The van der Waals surface area contributed by atoms with E-state index in [2.05, 4.69) is 0 Å². The first-order valence-corrected chi connectivity index (χ1v) is 31.2. The summed E-state index contributed by atoms with van der Waals surface area (Å²) in [6.45, 7) is 16.4. The monoisotopic (exact) mass is 1290 g/mol. The zero-order chi connectivity index (χ0) is 102. The molecular formula is C88H78BN5S. The van der Waals surface area contributed by atoms with Gasteiger partial charge in [-0.15, -0.1) is 11.3 Å². The lowest BCUT2D eigenvalue weighted by Crippen LogP contribution is -2.61. The van der Waals surface area contributed by atoms with Crippen molar-refractivity contribution >= 4 is 145 Å². The second-order valence-electron chi connectivity index (χ2n) is 27.3. The molecule has 5 nitrogen and oxygen atoms in total. The molecule has 3 aliphatic heterocycles. The molecule has 0 amide bonds. The fraction of sp³-hybridized carbons (Fsp3) is 0.182. The number of aromatic nitrogens is 1. The predicted octanol–water partition coefficient (Wildman–Crippen LogP) is 23.3. The average Bonchev–Trinajstić information content (AvgIpc) is 1.59. The summed E-state index contributed by atoms with van der Waals surface area (Å²) in [6.07, 6.45) is 0. The second-order valence-corrected chi connectivity index (χ2v) is 28.4. The molecule has 0 atom stereocenters. The van der Waals surface area contributed by atoms with E-state index in [9.17, 15) is 50.7 Å². The van der Waals surface area contributed by atoms with E-state index in [4.69, 9.17) is 6.85 Å². The van der Waals surface area contributed by atoms with E-state index in [1.54, 1.807) is 41.5 Å². The van der Waals surface area contributed by atoms with E-state index in [-0.39, 0.29) is 42.4 Å². The Morgan fingerprint density at radius 2 is 0.884 bits per heavy atom. The van der Waals surface area contributed by atoms with Gasteiger partial charge in [-0.05, 0) is 198 Å². The minimum Gasteiger partial charge on any atom is -0.311 e. The van der Waals surface area contributed by atoms with Gasteiger partial charge in [-0.2, -0.15) is 0 Å². The van der Waals surface area contributed by atoms with Crippen molar-refractivity contribution in [3.05, 3.63) is 276 Å². The van der Waals surface area contributed by atoms with Gasteiger partial charge in [-0.25, -0.2) is 0 Å². The van der Waals surface area contributed by atoms with E-state index in [1.807, 2.05) is 0 Å². The first-order chi connectivity index (χ1) is 63.2. The standard InChI is InChI=1S/C88H78BN5S/c1-85(2,3)56-35-42-62(43-36-56)90(63-44-37-57(38-45-63)86(4,5)6)65-46-47-71-75(52-65)92(64-40-33-55(34-41-64)67-28-21-32-80-81(67)68-27-19-20-31-79(68)95-80)76-53-66(91(60-23-15-13-16-24-60)61-25-17-14-18-26-61)54-77-82(76)89(71)72-29-22-30-74-84(72)94(77)78-51-59(88(10,11)12)50-70-69-49-58(87(7,8)9)39-48-73(69)93(74)83(70)78/h13-54H,1-12H3/i13D,14D,15D,16D,17D,18D,19D,20D,21D,22D,23D,24D,25D,26D,27D,28D,29D,30D,31D,32D,33D,34D,35D,36D,37D,38D,39D,40D,41D,42D,43D,44D,45D,46D,47D,48D,49D,50D,51D,52D,53D,54D. The molecule has 17 rings (SSSR count). The lowest BCUT2D eigenvalue weighted by Gasteiger charge is -2.47. The van der Waals surface area contributed by atoms with Crippen molar-refractivity contribution in [3.8, 4) is 16.8 Å². The van der Waals surface area contributed by atoms with E-state index < -0.39 is 405 Å². The van der Waals surface area contributed by atoms with Crippen LogP contribution in [-0.4, -0.2) is 11.3 Å². The van der Waals surface area contributed by atoms with Gasteiger partial charge in [-0.3, -0.25) is 0 Å². The zero-order valence-electron chi connectivity index (χ0n) is 95.2. The number of hydrogen-bond donors (Lipinski definition) is 0. The molecule has 0 fully saturated rings. The predicted molar refractivity (Wildman–Crippen MR) is 411 cm³/mol. The molecule has 0 aliphatic carbocycles. The lowest BCUT2D eigenvalue weighted by molar-refractivity contribution is 0.590. The van der Waals surface area contributed by atoms with Crippen LogP contribution in [0.1, 0.15) is 163 Å². The molecule has 12 aromatic carbocycles. The molecule has 2 aromatic heterocycles. The van der Waals surface area contributed by atoms with Crippen LogP contribution in [0.25, 0.3) is 58.8 Å². The van der Waals surface area contributed by atoms with Crippen molar-refractivity contribution in [1.29, 1.82) is 0 Å². The third-order valence-corrected chi connectivity index (χ3v) is 17.9. The summed E-state index contributed by atoms with van der Waals surface area (Å²) in [4.78, 5) is 2.30. The van der Waals surface area contributed by atoms with Gasteiger partial charge in [0.05, 0.1) is 91.4 Å². The van der Waals surface area contributed by atoms with Gasteiger partial charge < -0.3 is 24.2 Å². The Hall–Kier alpha value is -10.1. The highest BCUT2D eigenvalue weighted by atomic mass is 32.1. The average molecular weight is 1290 g/mol. The van der Waals surface area contributed by atoms with Crippen LogP contribution >= 0.6 is 11.3 Å². The Balaban J connectivity index is 1.21. The molecule has 0 bridgehead atoms. The Kier molecular flexibility index (Phi) is 6.54. The molecule has 0 saturated carbocycles. The van der Waals surface area contributed by atoms with Gasteiger partial charge in [0, 0.05) is 82.1 Å². The van der Waals surface area contributed by atoms with E-state index in [0.717, 1.165) is 9.47 Å². The van der Waals surface area contributed by atoms with Crippen molar-refractivity contribution < 1.29 is 57.6 Å². The number of anilines is 12. The van der Waals surface area contributed by atoms with Crippen molar-refractivity contribution in [2.45, 2.75) is 105 Å². The Bertz CT molecular complexity index is 7780. The first-order valence-electron chi connectivity index (χ1n) is 51.4. The number of nitrogens with zero attached hydrogens (tertiary/aromatic N) is 5. The van der Waals surface area contributed by atoms with Crippen molar-refractivity contribution in [2.75, 3.05) is 19.6 Å². The van der Waals surface area contributed by atoms with Crippen molar-refractivity contribution in [2.24, 2.45) is 0 Å². The van der Waals surface area contributed by atoms with Gasteiger partial charge >= 0.3 is 0 Å². The van der Waals surface area contributed by atoms with Crippen LogP contribution in [0.15, 0.2) is 254 Å². The van der Waals surface area contributed by atoms with E-state index in [1.165, 1.54) is 41.5 Å². The summed E-state index contributed by atoms with van der Waals surface area (Å²) >= 11 is 0.549. The molecule has 14 aromatic rings. The van der Waals surface area contributed by atoms with Gasteiger partial charge in [-0.1, -0.05) is 210 Å². The highest BCUT2D eigenvalue weighted by Gasteiger charge is 2.47. The summed E-state index contributed by atoms with van der Waals surface area (Å²) in [5, 5.41) is -1.51. The lowest BCUT2D eigenvalue weighted by atomic mass is 9.33. The van der Waals surface area contributed by atoms with Crippen LogP contribution in [-0.2, 0) is 21.7 Å². The third kappa shape index (κ3) is 9.39. The van der Waals surface area contributed by atoms with Crippen LogP contribution in [0, 0.1) is 0 Å². The molecule has 0 spiro atoms. The Morgan fingerprint density at radius 3 is 1.52 bits per heavy atom. The maximum Gasteiger partial charge on any atom is 0.252 e. The number of fused-ring (bicyclic) bond motifs is 12. The number of hydrogen-bond acceptors (Lipinski definition) is 5. The maximum absolute atomic E-state index is 11.7. The molecule has 0 radical (unpaired) electrons. The first kappa shape index (κ1) is 29.3. The molecule has 5 heterocycles. The van der Waals surface area contributed by atoms with E-state index in [0.29, 0.717) is 26.0 Å².